The predicted octanol–water partition coefficient (Wildman–Crippen LogP) is 9.35. The number of nitriles is 1. The maximum absolute atomic E-state index is 10.0. The summed E-state index contributed by atoms with van der Waals surface area (Å²) in [5.74, 6) is 0. The Balaban J connectivity index is 1.64. The third-order valence-electron chi connectivity index (χ3n) is 8.13. The lowest BCUT2D eigenvalue weighted by atomic mass is 9.81. The molecule has 0 amide bonds. The summed E-state index contributed by atoms with van der Waals surface area (Å²) in [7, 11) is 0. The summed E-state index contributed by atoms with van der Waals surface area (Å²) < 4.78 is 1.10. The molecule has 0 aliphatic heterocycles. The first-order chi connectivity index (χ1) is 17.6. The van der Waals surface area contributed by atoms with Gasteiger partial charge in [0, 0.05) is 27.4 Å². The van der Waals surface area contributed by atoms with E-state index in [1.54, 1.807) is 17.5 Å². The second kappa shape index (κ2) is 8.13. The first kappa shape index (κ1) is 23.6. The summed E-state index contributed by atoms with van der Waals surface area (Å²) in [6.45, 7) is 15.5. The molecule has 3 heteroatoms. The first-order valence-corrected chi connectivity index (χ1v) is 13.6. The summed E-state index contributed by atoms with van der Waals surface area (Å²) >= 11 is 1.77. The van der Waals surface area contributed by atoms with Crippen LogP contribution in [0.1, 0.15) is 58.4 Å². The van der Waals surface area contributed by atoms with Crippen LogP contribution in [0.2, 0.25) is 0 Å². The van der Waals surface area contributed by atoms with Gasteiger partial charge in [-0.15, -0.1) is 11.3 Å². The number of nitrogens with zero attached hydrogens (tertiary/aromatic N) is 2. The second-order valence-corrected chi connectivity index (χ2v) is 12.1. The van der Waals surface area contributed by atoms with Crippen LogP contribution in [-0.4, -0.2) is 4.98 Å². The van der Waals surface area contributed by atoms with Crippen molar-refractivity contribution in [3.63, 3.8) is 0 Å². The van der Waals surface area contributed by atoms with Gasteiger partial charge in [-0.25, -0.2) is 0 Å². The SMILES string of the molecule is Cc1cc(C)c(-c2sc3c(-c4cc(C)c5c(c4)C(C)(C)c4ccccc4-5)ncc(C#N)c3c2C)c(C)c1. The van der Waals surface area contributed by atoms with E-state index < -0.39 is 0 Å². The first-order valence-electron chi connectivity index (χ1n) is 12.8. The van der Waals surface area contributed by atoms with Gasteiger partial charge in [-0.05, 0) is 96.8 Å². The van der Waals surface area contributed by atoms with Crippen LogP contribution >= 0.6 is 11.3 Å². The van der Waals surface area contributed by atoms with Crippen LogP contribution in [0.5, 0.6) is 0 Å². The number of hydrogen-bond donors (Lipinski definition) is 0. The van der Waals surface area contributed by atoms with Crippen molar-refractivity contribution in [3.8, 4) is 38.9 Å². The number of pyridine rings is 1. The molecule has 0 atom stereocenters. The van der Waals surface area contributed by atoms with Crippen molar-refractivity contribution in [2.24, 2.45) is 0 Å². The summed E-state index contributed by atoms with van der Waals surface area (Å²) in [6, 6.07) is 20.3. The molecule has 3 aromatic carbocycles. The van der Waals surface area contributed by atoms with Crippen LogP contribution in [0.3, 0.4) is 0 Å². The van der Waals surface area contributed by atoms with Crippen LogP contribution in [0, 0.1) is 45.9 Å². The fraction of sp³-hybridized carbons (Fsp3) is 0.235. The van der Waals surface area contributed by atoms with E-state index in [1.807, 2.05) is 0 Å². The van der Waals surface area contributed by atoms with Crippen molar-refractivity contribution in [1.82, 2.24) is 4.98 Å². The van der Waals surface area contributed by atoms with Crippen LogP contribution in [-0.2, 0) is 5.41 Å². The molecule has 2 aromatic heterocycles. The van der Waals surface area contributed by atoms with Gasteiger partial charge in [0.2, 0.25) is 0 Å². The van der Waals surface area contributed by atoms with Gasteiger partial charge in [-0.1, -0.05) is 55.8 Å². The monoisotopic (exact) mass is 498 g/mol. The third-order valence-corrected chi connectivity index (χ3v) is 9.45. The highest BCUT2D eigenvalue weighted by Crippen LogP contribution is 2.52. The molecule has 2 nitrogen and oxygen atoms in total. The van der Waals surface area contributed by atoms with Crippen molar-refractivity contribution < 1.29 is 0 Å². The van der Waals surface area contributed by atoms with E-state index in [-0.39, 0.29) is 5.41 Å². The molecule has 6 rings (SSSR count). The fourth-order valence-corrected chi connectivity index (χ4v) is 8.01. The maximum Gasteiger partial charge on any atom is 0.101 e. The smallest absolute Gasteiger partial charge is 0.101 e. The molecule has 2 heterocycles. The van der Waals surface area contributed by atoms with Gasteiger partial charge in [-0.2, -0.15) is 5.26 Å². The van der Waals surface area contributed by atoms with E-state index in [0.29, 0.717) is 5.56 Å². The largest absolute Gasteiger partial charge is 0.253 e. The maximum atomic E-state index is 10.0. The predicted molar refractivity (Wildman–Crippen MR) is 156 cm³/mol. The molecular weight excluding hydrogens is 468 g/mol. The van der Waals surface area contributed by atoms with Crippen molar-refractivity contribution in [2.75, 3.05) is 0 Å². The number of benzene rings is 3. The van der Waals surface area contributed by atoms with Gasteiger partial charge in [0.25, 0.3) is 0 Å². The summed E-state index contributed by atoms with van der Waals surface area (Å²) in [5, 5.41) is 11.0. The lowest BCUT2D eigenvalue weighted by Crippen LogP contribution is -2.15. The van der Waals surface area contributed by atoms with E-state index in [2.05, 4.69) is 103 Å². The highest BCUT2D eigenvalue weighted by molar-refractivity contribution is 7.23. The average Bonchev–Trinajstić information content (AvgIpc) is 3.30. The number of hydrogen-bond acceptors (Lipinski definition) is 3. The quantitative estimate of drug-likeness (QED) is 0.243. The Morgan fingerprint density at radius 3 is 2.22 bits per heavy atom. The number of aryl methyl sites for hydroxylation is 5. The molecule has 0 spiro atoms. The van der Waals surface area contributed by atoms with E-state index in [0.717, 1.165) is 21.3 Å². The highest BCUT2D eigenvalue weighted by atomic mass is 32.1. The normalized spacial score (nSPS) is 13.5. The molecular formula is C34H30N2S. The molecule has 0 N–H and O–H groups in total. The zero-order valence-corrected chi connectivity index (χ0v) is 23.3. The molecule has 0 bridgehead atoms. The van der Waals surface area contributed by atoms with Crippen molar-refractivity contribution in [1.29, 1.82) is 5.26 Å². The van der Waals surface area contributed by atoms with Crippen LogP contribution in [0.15, 0.2) is 54.7 Å². The molecule has 182 valence electrons. The molecule has 0 unspecified atom stereocenters. The standard InChI is InChI=1S/C34H30N2S/c1-18-12-19(2)28(20(3)13-18)32-22(5)30-24(16-35)17-36-31(33(30)37-32)23-14-21(4)29-25-10-8-9-11-26(25)34(6,7)27(29)15-23/h8-15,17H,1-7H3. The molecule has 37 heavy (non-hydrogen) atoms. The summed E-state index contributed by atoms with van der Waals surface area (Å²) in [4.78, 5) is 6.14. The molecule has 0 saturated heterocycles. The Bertz CT molecular complexity index is 1790. The van der Waals surface area contributed by atoms with Gasteiger partial charge < -0.3 is 0 Å². The molecule has 0 saturated carbocycles. The van der Waals surface area contributed by atoms with Gasteiger partial charge in [0.15, 0.2) is 0 Å². The van der Waals surface area contributed by atoms with Gasteiger partial charge in [-0.3, -0.25) is 4.98 Å². The zero-order chi connectivity index (χ0) is 26.2. The van der Waals surface area contributed by atoms with Crippen LogP contribution in [0.4, 0.5) is 0 Å². The van der Waals surface area contributed by atoms with E-state index in [4.69, 9.17) is 4.98 Å². The average molecular weight is 499 g/mol. The molecule has 5 aromatic rings. The van der Waals surface area contributed by atoms with Crippen LogP contribution in [0.25, 0.3) is 42.9 Å². The third kappa shape index (κ3) is 3.32. The molecule has 1 aliphatic carbocycles. The Morgan fingerprint density at radius 1 is 0.838 bits per heavy atom. The Hall–Kier alpha value is -3.74. The topological polar surface area (TPSA) is 36.7 Å². The van der Waals surface area contributed by atoms with Gasteiger partial charge >= 0.3 is 0 Å². The van der Waals surface area contributed by atoms with E-state index >= 15 is 0 Å². The minimum atomic E-state index is -0.0783. The minimum Gasteiger partial charge on any atom is -0.253 e. The van der Waals surface area contributed by atoms with Crippen molar-refractivity contribution >= 4 is 21.4 Å². The summed E-state index contributed by atoms with van der Waals surface area (Å²) in [6.07, 6.45) is 1.76. The summed E-state index contributed by atoms with van der Waals surface area (Å²) in [5.41, 5.74) is 15.6. The van der Waals surface area contributed by atoms with Crippen molar-refractivity contribution in [2.45, 2.75) is 53.9 Å². The Morgan fingerprint density at radius 2 is 1.51 bits per heavy atom. The van der Waals surface area contributed by atoms with E-state index in [9.17, 15) is 5.26 Å². The second-order valence-electron chi connectivity index (χ2n) is 11.1. The lowest BCUT2D eigenvalue weighted by molar-refractivity contribution is 0.660. The lowest BCUT2D eigenvalue weighted by Gasteiger charge is -2.22. The van der Waals surface area contributed by atoms with Crippen molar-refractivity contribution in [3.05, 3.63) is 99.2 Å². The minimum absolute atomic E-state index is 0.0783. The highest BCUT2D eigenvalue weighted by Gasteiger charge is 2.36. The Labute approximate surface area is 223 Å². The number of fused-ring (bicyclic) bond motifs is 4. The molecule has 0 radical (unpaired) electrons. The number of rotatable bonds is 2. The van der Waals surface area contributed by atoms with Gasteiger partial charge in [0.1, 0.15) is 6.07 Å². The number of aromatic nitrogens is 1. The van der Waals surface area contributed by atoms with Crippen LogP contribution < -0.4 is 0 Å². The molecule has 1 aliphatic rings. The Kier molecular flexibility index (Phi) is 5.20. The number of thiophene rings is 1. The van der Waals surface area contributed by atoms with Gasteiger partial charge in [0.05, 0.1) is 16.0 Å². The zero-order valence-electron chi connectivity index (χ0n) is 22.5. The molecule has 0 fully saturated rings. The van der Waals surface area contributed by atoms with E-state index in [1.165, 1.54) is 60.5 Å². The fourth-order valence-electron chi connectivity index (χ4n) is 6.49.